The Bertz CT molecular complexity index is 284. The van der Waals surface area contributed by atoms with Crippen molar-refractivity contribution in [2.24, 2.45) is 0 Å². The minimum Gasteiger partial charge on any atom is -0.285 e. The van der Waals surface area contributed by atoms with E-state index in [9.17, 15) is 8.42 Å². The van der Waals surface area contributed by atoms with Crippen LogP contribution >= 0.6 is 0 Å². The fourth-order valence-corrected chi connectivity index (χ4v) is 2.18. The van der Waals surface area contributed by atoms with Gasteiger partial charge in [-0.3, -0.25) is 4.55 Å². The van der Waals surface area contributed by atoms with E-state index in [1.807, 2.05) is 6.92 Å². The summed E-state index contributed by atoms with van der Waals surface area (Å²) in [5.41, 5.74) is 0. The van der Waals surface area contributed by atoms with Gasteiger partial charge in [-0.05, 0) is 20.3 Å². The maximum Gasteiger partial charge on any atom is 0.267 e. The molecule has 0 aromatic heterocycles. The van der Waals surface area contributed by atoms with Crippen molar-refractivity contribution in [2.75, 3.05) is 0 Å². The van der Waals surface area contributed by atoms with Crippen LogP contribution in [0.4, 0.5) is 0 Å². The van der Waals surface area contributed by atoms with E-state index in [2.05, 4.69) is 13.5 Å². The summed E-state index contributed by atoms with van der Waals surface area (Å²) in [4.78, 5) is 0. The number of rotatable bonds is 10. The molecular formula is C15H32O3S. The SMILES string of the molecule is C=CC.CCCCCCCCCCC(C)S(=O)(=O)O. The third-order valence-corrected chi connectivity index (χ3v) is 4.23. The minimum absolute atomic E-state index is 0.577. The molecule has 0 saturated carbocycles. The van der Waals surface area contributed by atoms with Crippen LogP contribution in [0.15, 0.2) is 12.7 Å². The Hall–Kier alpha value is -0.350. The summed E-state index contributed by atoms with van der Waals surface area (Å²) in [5.74, 6) is 0. The molecule has 0 aliphatic carbocycles. The van der Waals surface area contributed by atoms with Crippen LogP contribution in [0.5, 0.6) is 0 Å². The largest absolute Gasteiger partial charge is 0.285 e. The van der Waals surface area contributed by atoms with Gasteiger partial charge in [0.2, 0.25) is 0 Å². The Labute approximate surface area is 120 Å². The first-order valence-corrected chi connectivity index (χ1v) is 8.93. The van der Waals surface area contributed by atoms with Crippen LogP contribution in [0.1, 0.15) is 78.6 Å². The Morgan fingerprint density at radius 2 is 1.42 bits per heavy atom. The zero-order valence-corrected chi connectivity index (χ0v) is 13.7. The lowest BCUT2D eigenvalue weighted by Gasteiger charge is -2.07. The first kappa shape index (κ1) is 21.0. The molecule has 0 radical (unpaired) electrons. The molecule has 0 amide bonds. The molecule has 1 atom stereocenters. The molecule has 0 spiro atoms. The van der Waals surface area contributed by atoms with Crippen LogP contribution in [-0.2, 0) is 10.1 Å². The van der Waals surface area contributed by atoms with Crippen molar-refractivity contribution in [3.05, 3.63) is 12.7 Å². The standard InChI is InChI=1S/C12H26O3S.C3H6/c1-3-4-5-6-7-8-9-10-11-12(2)16(13,14)15;1-3-2/h12H,3-11H2,1-2H3,(H,13,14,15);3H,1H2,2H3. The summed E-state index contributed by atoms with van der Waals surface area (Å²) in [6.45, 7) is 9.02. The van der Waals surface area contributed by atoms with E-state index in [1.54, 1.807) is 13.0 Å². The van der Waals surface area contributed by atoms with E-state index in [4.69, 9.17) is 4.55 Å². The van der Waals surface area contributed by atoms with Crippen molar-refractivity contribution in [1.82, 2.24) is 0 Å². The first-order valence-electron chi connectivity index (χ1n) is 7.43. The van der Waals surface area contributed by atoms with Gasteiger partial charge in [0.05, 0.1) is 5.25 Å². The van der Waals surface area contributed by atoms with Crippen molar-refractivity contribution in [3.63, 3.8) is 0 Å². The second-order valence-corrected chi connectivity index (χ2v) is 6.83. The fourth-order valence-electron chi connectivity index (χ4n) is 1.71. The van der Waals surface area contributed by atoms with Crippen molar-refractivity contribution < 1.29 is 13.0 Å². The van der Waals surface area contributed by atoms with Crippen LogP contribution in [-0.4, -0.2) is 18.2 Å². The zero-order chi connectivity index (χ0) is 15.1. The molecule has 0 aliphatic rings. The molecule has 19 heavy (non-hydrogen) atoms. The molecule has 4 heteroatoms. The van der Waals surface area contributed by atoms with Crippen LogP contribution in [0.25, 0.3) is 0 Å². The van der Waals surface area contributed by atoms with Gasteiger partial charge in [-0.1, -0.05) is 64.4 Å². The maximum absolute atomic E-state index is 10.7. The zero-order valence-electron chi connectivity index (χ0n) is 12.9. The number of hydrogen-bond donors (Lipinski definition) is 1. The van der Waals surface area contributed by atoms with Crippen LogP contribution in [0.2, 0.25) is 0 Å². The van der Waals surface area contributed by atoms with Gasteiger partial charge in [0, 0.05) is 0 Å². The van der Waals surface area contributed by atoms with Gasteiger partial charge in [0.1, 0.15) is 0 Å². The highest BCUT2D eigenvalue weighted by Gasteiger charge is 2.15. The Balaban J connectivity index is 0. The van der Waals surface area contributed by atoms with E-state index >= 15 is 0 Å². The molecule has 116 valence electrons. The quantitative estimate of drug-likeness (QED) is 0.351. The van der Waals surface area contributed by atoms with E-state index in [-0.39, 0.29) is 0 Å². The molecule has 0 heterocycles. The normalized spacial score (nSPS) is 12.4. The highest BCUT2D eigenvalue weighted by molar-refractivity contribution is 7.86. The lowest BCUT2D eigenvalue weighted by Crippen LogP contribution is -2.16. The highest BCUT2D eigenvalue weighted by atomic mass is 32.2. The lowest BCUT2D eigenvalue weighted by atomic mass is 10.1. The van der Waals surface area contributed by atoms with E-state index in [0.29, 0.717) is 6.42 Å². The average molecular weight is 292 g/mol. The predicted molar refractivity (Wildman–Crippen MR) is 84.1 cm³/mol. The fraction of sp³-hybridized carbons (Fsp3) is 0.867. The third kappa shape index (κ3) is 17.6. The van der Waals surface area contributed by atoms with Crippen molar-refractivity contribution in [3.8, 4) is 0 Å². The number of unbranched alkanes of at least 4 members (excludes halogenated alkanes) is 7. The Kier molecular flexibility index (Phi) is 15.5. The monoisotopic (exact) mass is 292 g/mol. The van der Waals surface area contributed by atoms with E-state index < -0.39 is 15.4 Å². The van der Waals surface area contributed by atoms with Gasteiger partial charge in [0.25, 0.3) is 10.1 Å². The molecular weight excluding hydrogens is 260 g/mol. The second kappa shape index (κ2) is 14.1. The van der Waals surface area contributed by atoms with E-state index in [0.717, 1.165) is 12.8 Å². The van der Waals surface area contributed by atoms with Gasteiger partial charge in [-0.15, -0.1) is 6.58 Å². The summed E-state index contributed by atoms with van der Waals surface area (Å²) in [6, 6.07) is 0. The summed E-state index contributed by atoms with van der Waals surface area (Å²) in [6.07, 6.45) is 11.9. The van der Waals surface area contributed by atoms with E-state index in [1.165, 1.54) is 38.5 Å². The molecule has 1 unspecified atom stereocenters. The highest BCUT2D eigenvalue weighted by Crippen LogP contribution is 2.13. The van der Waals surface area contributed by atoms with Crippen LogP contribution < -0.4 is 0 Å². The van der Waals surface area contributed by atoms with Gasteiger partial charge in [-0.25, -0.2) is 0 Å². The number of hydrogen-bond acceptors (Lipinski definition) is 2. The third-order valence-electron chi connectivity index (χ3n) is 2.97. The first-order chi connectivity index (χ1) is 8.90. The maximum atomic E-state index is 10.7. The summed E-state index contributed by atoms with van der Waals surface area (Å²) in [7, 11) is -3.81. The van der Waals surface area contributed by atoms with Crippen molar-refractivity contribution in [1.29, 1.82) is 0 Å². The van der Waals surface area contributed by atoms with Gasteiger partial charge in [0.15, 0.2) is 0 Å². The molecule has 3 nitrogen and oxygen atoms in total. The molecule has 1 N–H and O–H groups in total. The Morgan fingerprint density at radius 1 is 1.05 bits per heavy atom. The summed E-state index contributed by atoms with van der Waals surface area (Å²) >= 11 is 0. The molecule has 0 fully saturated rings. The van der Waals surface area contributed by atoms with Gasteiger partial charge >= 0.3 is 0 Å². The van der Waals surface area contributed by atoms with Gasteiger partial charge in [-0.2, -0.15) is 8.42 Å². The summed E-state index contributed by atoms with van der Waals surface area (Å²) in [5, 5.41) is -0.604. The van der Waals surface area contributed by atoms with Crippen molar-refractivity contribution in [2.45, 2.75) is 83.8 Å². The molecule has 0 aromatic carbocycles. The average Bonchev–Trinajstić information content (AvgIpc) is 2.32. The van der Waals surface area contributed by atoms with Crippen molar-refractivity contribution >= 4 is 10.1 Å². The summed E-state index contributed by atoms with van der Waals surface area (Å²) < 4.78 is 30.2. The van der Waals surface area contributed by atoms with Crippen LogP contribution in [0, 0.1) is 0 Å². The Morgan fingerprint density at radius 3 is 1.79 bits per heavy atom. The minimum atomic E-state index is -3.81. The molecule has 0 saturated heterocycles. The predicted octanol–water partition coefficient (Wildman–Crippen LogP) is 4.99. The van der Waals surface area contributed by atoms with Crippen LogP contribution in [0.3, 0.4) is 0 Å². The number of allylic oxidation sites excluding steroid dienone is 1. The molecule has 0 rings (SSSR count). The van der Waals surface area contributed by atoms with Gasteiger partial charge < -0.3 is 0 Å². The topological polar surface area (TPSA) is 54.4 Å². The molecule has 0 aliphatic heterocycles. The molecule has 0 aromatic rings. The second-order valence-electron chi connectivity index (χ2n) is 5.00. The molecule has 0 bridgehead atoms. The lowest BCUT2D eigenvalue weighted by molar-refractivity contribution is 0.461. The smallest absolute Gasteiger partial charge is 0.267 e.